The molecule has 0 spiro atoms. The number of carbonyl (C=O) groups is 2. The fraction of sp³-hybridized carbons (Fsp3) is 0.381. The molecule has 2 amide bonds. The van der Waals surface area contributed by atoms with Gasteiger partial charge in [0.15, 0.2) is 17.7 Å². The van der Waals surface area contributed by atoms with E-state index < -0.39 is 35.0 Å². The Balaban J connectivity index is 1.60. The number of nitrogens with one attached hydrogen (secondary N) is 1. The van der Waals surface area contributed by atoms with Crippen molar-refractivity contribution < 1.29 is 23.8 Å². The van der Waals surface area contributed by atoms with E-state index >= 15 is 0 Å². The van der Waals surface area contributed by atoms with Gasteiger partial charge < -0.3 is 24.6 Å². The average Bonchev–Trinajstić information content (AvgIpc) is 2.74. The molecule has 2 aliphatic rings. The molecule has 1 unspecified atom stereocenters. The number of carbonyl (C=O) groups excluding carboxylic acids is 2. The highest BCUT2D eigenvalue weighted by molar-refractivity contribution is 6.31. The maximum Gasteiger partial charge on any atom is 0.276 e. The van der Waals surface area contributed by atoms with Gasteiger partial charge in [-0.25, -0.2) is 4.39 Å². The first kappa shape index (κ1) is 21.3. The van der Waals surface area contributed by atoms with Crippen LogP contribution in [-0.2, 0) is 17.8 Å². The van der Waals surface area contributed by atoms with E-state index in [-0.39, 0.29) is 35.5 Å². The number of hydrogen-bond donors (Lipinski definition) is 2. The number of ether oxygens (including phenoxy) is 1. The number of amides is 2. The van der Waals surface area contributed by atoms with Crippen LogP contribution in [0.25, 0.3) is 0 Å². The Morgan fingerprint density at radius 2 is 2.16 bits per heavy atom. The van der Waals surface area contributed by atoms with Gasteiger partial charge in [-0.05, 0) is 30.5 Å². The van der Waals surface area contributed by atoms with E-state index in [2.05, 4.69) is 5.32 Å². The summed E-state index contributed by atoms with van der Waals surface area (Å²) in [5.74, 6) is -2.53. The van der Waals surface area contributed by atoms with Crippen molar-refractivity contribution in [3.05, 3.63) is 62.3 Å². The Hall–Kier alpha value is -2.91. The van der Waals surface area contributed by atoms with Gasteiger partial charge in [0.2, 0.25) is 5.43 Å². The van der Waals surface area contributed by atoms with E-state index in [0.717, 1.165) is 12.5 Å². The van der Waals surface area contributed by atoms with Crippen LogP contribution >= 0.6 is 11.6 Å². The van der Waals surface area contributed by atoms with E-state index in [1.54, 1.807) is 0 Å². The van der Waals surface area contributed by atoms with Crippen molar-refractivity contribution in [2.24, 2.45) is 0 Å². The number of benzene rings is 1. The molecule has 2 N–H and O–H groups in total. The molecule has 3 heterocycles. The molecular weight excluding hydrogens is 429 g/mol. The summed E-state index contributed by atoms with van der Waals surface area (Å²) in [4.78, 5) is 39.6. The van der Waals surface area contributed by atoms with E-state index in [1.807, 2.05) is 6.92 Å². The summed E-state index contributed by atoms with van der Waals surface area (Å²) >= 11 is 5.96. The van der Waals surface area contributed by atoms with Crippen molar-refractivity contribution in [3.63, 3.8) is 0 Å². The highest BCUT2D eigenvalue weighted by Gasteiger charge is 2.40. The summed E-state index contributed by atoms with van der Waals surface area (Å²) in [7, 11) is 0. The SMILES string of the molecule is CC[C@H]1CCN2C(=O)c3c(O)c(=O)c(C(=O)NCc4ccc(F)cc4Cl)cn3CC2O1. The summed E-state index contributed by atoms with van der Waals surface area (Å²) in [5, 5.41) is 13.1. The third-order valence-electron chi connectivity index (χ3n) is 5.62. The molecular formula is C21H21ClFN3O5. The number of hydrogen-bond acceptors (Lipinski definition) is 5. The van der Waals surface area contributed by atoms with Crippen LogP contribution in [0.4, 0.5) is 4.39 Å². The van der Waals surface area contributed by atoms with Crippen molar-refractivity contribution in [1.82, 2.24) is 14.8 Å². The molecule has 164 valence electrons. The number of halogens is 2. The first-order valence-electron chi connectivity index (χ1n) is 9.95. The molecule has 1 aromatic carbocycles. The largest absolute Gasteiger partial charge is 0.503 e. The lowest BCUT2D eigenvalue weighted by atomic mass is 10.1. The minimum absolute atomic E-state index is 0.0202. The molecule has 1 saturated heterocycles. The summed E-state index contributed by atoms with van der Waals surface area (Å²) in [5.41, 5.74) is -0.947. The van der Waals surface area contributed by atoms with Gasteiger partial charge in [-0.3, -0.25) is 14.4 Å². The quantitative estimate of drug-likeness (QED) is 0.745. The second kappa shape index (κ2) is 8.32. The maximum absolute atomic E-state index is 13.2. The molecule has 31 heavy (non-hydrogen) atoms. The number of fused-ring (bicyclic) bond motifs is 2. The highest BCUT2D eigenvalue weighted by Crippen LogP contribution is 2.29. The third-order valence-corrected chi connectivity index (χ3v) is 5.97. The molecule has 1 fully saturated rings. The lowest BCUT2D eigenvalue weighted by Crippen LogP contribution is -2.55. The van der Waals surface area contributed by atoms with Crippen molar-refractivity contribution in [3.8, 4) is 5.75 Å². The fourth-order valence-electron chi connectivity index (χ4n) is 3.89. The molecule has 2 aliphatic heterocycles. The van der Waals surface area contributed by atoms with Crippen LogP contribution in [0.15, 0.2) is 29.2 Å². The predicted molar refractivity (Wildman–Crippen MR) is 110 cm³/mol. The second-order valence-corrected chi connectivity index (χ2v) is 7.96. The van der Waals surface area contributed by atoms with Gasteiger partial charge in [-0.2, -0.15) is 0 Å². The lowest BCUT2D eigenvalue weighted by Gasteiger charge is -2.43. The molecule has 8 nitrogen and oxygen atoms in total. The molecule has 0 radical (unpaired) electrons. The molecule has 0 bridgehead atoms. The Morgan fingerprint density at radius 3 is 2.87 bits per heavy atom. The van der Waals surface area contributed by atoms with Crippen molar-refractivity contribution in [1.29, 1.82) is 0 Å². The summed E-state index contributed by atoms with van der Waals surface area (Å²) in [6.45, 7) is 2.61. The Kier molecular flexibility index (Phi) is 5.72. The third kappa shape index (κ3) is 3.90. The first-order valence-corrected chi connectivity index (χ1v) is 10.3. The van der Waals surface area contributed by atoms with Crippen LogP contribution in [0.1, 0.15) is 46.2 Å². The predicted octanol–water partition coefficient (Wildman–Crippen LogP) is 2.26. The summed E-state index contributed by atoms with van der Waals surface area (Å²) in [6.07, 6.45) is 2.23. The van der Waals surface area contributed by atoms with Gasteiger partial charge in [0.05, 0.1) is 12.6 Å². The van der Waals surface area contributed by atoms with Crippen molar-refractivity contribution >= 4 is 23.4 Å². The maximum atomic E-state index is 13.2. The van der Waals surface area contributed by atoms with Gasteiger partial charge in [0, 0.05) is 24.3 Å². The highest BCUT2D eigenvalue weighted by atomic mass is 35.5. The minimum Gasteiger partial charge on any atom is -0.503 e. The molecule has 2 aromatic rings. The number of nitrogens with zero attached hydrogens (tertiary/aromatic N) is 2. The monoisotopic (exact) mass is 449 g/mol. The van der Waals surface area contributed by atoms with Crippen LogP contribution < -0.4 is 10.7 Å². The Bertz CT molecular complexity index is 1120. The summed E-state index contributed by atoms with van der Waals surface area (Å²) in [6, 6.07) is 3.75. The van der Waals surface area contributed by atoms with Crippen molar-refractivity contribution in [2.75, 3.05) is 6.54 Å². The number of aromatic nitrogens is 1. The normalized spacial score (nSPS) is 20.2. The van der Waals surface area contributed by atoms with Gasteiger partial charge in [-0.15, -0.1) is 0 Å². The van der Waals surface area contributed by atoms with Gasteiger partial charge >= 0.3 is 0 Å². The van der Waals surface area contributed by atoms with Gasteiger partial charge in [0.25, 0.3) is 11.8 Å². The molecule has 0 aliphatic carbocycles. The smallest absolute Gasteiger partial charge is 0.276 e. The van der Waals surface area contributed by atoms with Crippen LogP contribution in [-0.4, -0.2) is 45.3 Å². The first-order chi connectivity index (χ1) is 14.8. The zero-order valence-corrected chi connectivity index (χ0v) is 17.5. The van der Waals surface area contributed by atoms with Crippen molar-refractivity contribution in [2.45, 2.75) is 45.2 Å². The molecule has 4 rings (SSSR count). The van der Waals surface area contributed by atoms with Crippen LogP contribution in [0.2, 0.25) is 5.02 Å². The molecule has 0 saturated carbocycles. The molecule has 2 atom stereocenters. The van der Waals surface area contributed by atoms with E-state index in [4.69, 9.17) is 16.3 Å². The molecule has 1 aromatic heterocycles. The standard InChI is InChI=1S/C21H21ClFN3O5/c1-2-13-5-6-26-16(31-13)10-25-9-14(18(27)19(28)17(25)21(26)30)20(29)24-8-11-3-4-12(23)7-15(11)22/h3-4,7,9,13,16,28H,2,5-6,8,10H2,1H3,(H,24,29)/t13-,16?/m0/s1. The molecule has 10 heteroatoms. The van der Waals surface area contributed by atoms with Gasteiger partial charge in [0.1, 0.15) is 11.4 Å². The van der Waals surface area contributed by atoms with E-state index in [0.29, 0.717) is 18.5 Å². The minimum atomic E-state index is -0.940. The van der Waals surface area contributed by atoms with E-state index in [9.17, 15) is 23.9 Å². The zero-order valence-electron chi connectivity index (χ0n) is 16.7. The topological polar surface area (TPSA) is 101 Å². The summed E-state index contributed by atoms with van der Waals surface area (Å²) < 4.78 is 20.5. The van der Waals surface area contributed by atoms with Crippen LogP contribution in [0.5, 0.6) is 5.75 Å². The number of rotatable bonds is 4. The fourth-order valence-corrected chi connectivity index (χ4v) is 4.12. The number of pyridine rings is 1. The lowest BCUT2D eigenvalue weighted by molar-refractivity contribution is -0.134. The van der Waals surface area contributed by atoms with Gasteiger partial charge in [-0.1, -0.05) is 24.6 Å². The van der Waals surface area contributed by atoms with Crippen LogP contribution in [0, 0.1) is 5.82 Å². The number of aromatic hydroxyl groups is 1. The van der Waals surface area contributed by atoms with E-state index in [1.165, 1.54) is 27.8 Å². The Morgan fingerprint density at radius 1 is 1.39 bits per heavy atom. The average molecular weight is 450 g/mol. The Labute approximate surface area is 182 Å². The van der Waals surface area contributed by atoms with Crippen LogP contribution in [0.3, 0.4) is 0 Å². The zero-order chi connectivity index (χ0) is 22.3. The second-order valence-electron chi connectivity index (χ2n) is 7.55.